The summed E-state index contributed by atoms with van der Waals surface area (Å²) in [5, 5.41) is 11.5. The van der Waals surface area contributed by atoms with Gasteiger partial charge in [0, 0.05) is 18.9 Å². The fourth-order valence-electron chi connectivity index (χ4n) is 5.90. The Kier molecular flexibility index (Phi) is 6.75. The van der Waals surface area contributed by atoms with Crippen LogP contribution in [0.5, 0.6) is 5.75 Å². The molecule has 0 amide bonds. The molecule has 34 heavy (non-hydrogen) atoms. The number of benzene rings is 2. The zero-order chi connectivity index (χ0) is 23.5. The van der Waals surface area contributed by atoms with Crippen LogP contribution in [0, 0.1) is 11.8 Å². The molecule has 180 valence electrons. The number of aliphatic hydroxyl groups is 1. The Bertz CT molecular complexity index is 1140. The molecule has 5 nitrogen and oxygen atoms in total. The molecule has 1 aromatic heterocycles. The quantitative estimate of drug-likeness (QED) is 0.423. The van der Waals surface area contributed by atoms with Gasteiger partial charge in [0.2, 0.25) is 0 Å². The Morgan fingerprint density at radius 3 is 2.74 bits per heavy atom. The van der Waals surface area contributed by atoms with Crippen molar-refractivity contribution in [1.82, 2.24) is 14.9 Å². The minimum absolute atomic E-state index is 0.274. The van der Waals surface area contributed by atoms with Gasteiger partial charge in [-0.25, -0.2) is 4.98 Å². The van der Waals surface area contributed by atoms with Crippen LogP contribution < -0.4 is 4.74 Å². The van der Waals surface area contributed by atoms with Crippen molar-refractivity contribution in [3.8, 4) is 5.75 Å². The second-order valence-electron chi connectivity index (χ2n) is 10.1. The van der Waals surface area contributed by atoms with Gasteiger partial charge in [0.15, 0.2) is 0 Å². The van der Waals surface area contributed by atoms with Gasteiger partial charge in [-0.2, -0.15) is 0 Å². The highest BCUT2D eigenvalue weighted by atomic mass is 16.5. The maximum Gasteiger partial charge on any atom is 0.147 e. The van der Waals surface area contributed by atoms with E-state index in [1.165, 1.54) is 17.6 Å². The van der Waals surface area contributed by atoms with Crippen molar-refractivity contribution in [1.29, 1.82) is 0 Å². The van der Waals surface area contributed by atoms with E-state index in [1.807, 2.05) is 19.1 Å². The standard InChI is InChI=1S/C29H37N3O2/c1-3-34-26-12-7-11-25-28(26)31-27(30-25)13-8-17-32(2)18-16-29(33)20-22-14-15-23(29)19-24(22)21-9-5-4-6-10-21/h4-7,9-12,19,22-23,33H,3,8,13-18,20H2,1-2H3,(H,30,31)/t22-,23+,29+/m1/s1. The maximum atomic E-state index is 11.5. The van der Waals surface area contributed by atoms with E-state index in [0.717, 1.165) is 67.8 Å². The van der Waals surface area contributed by atoms with E-state index < -0.39 is 5.60 Å². The molecule has 2 N–H and O–H groups in total. The number of aryl methyl sites for hydroxylation is 1. The van der Waals surface area contributed by atoms with Crippen molar-refractivity contribution in [2.45, 2.75) is 51.0 Å². The molecule has 6 rings (SSSR count). The van der Waals surface area contributed by atoms with Crippen molar-refractivity contribution in [3.05, 3.63) is 66.0 Å². The molecule has 0 spiro atoms. The molecular weight excluding hydrogens is 422 g/mol. The summed E-state index contributed by atoms with van der Waals surface area (Å²) in [5.41, 5.74) is 4.17. The van der Waals surface area contributed by atoms with Gasteiger partial charge >= 0.3 is 0 Å². The van der Waals surface area contributed by atoms with Gasteiger partial charge in [-0.05, 0) is 81.8 Å². The van der Waals surface area contributed by atoms with Gasteiger partial charge in [-0.3, -0.25) is 0 Å². The molecule has 3 aliphatic rings. The first-order valence-corrected chi connectivity index (χ1v) is 12.8. The highest BCUT2D eigenvalue weighted by molar-refractivity contribution is 5.81. The van der Waals surface area contributed by atoms with E-state index in [2.05, 4.69) is 59.4 Å². The minimum atomic E-state index is -0.566. The van der Waals surface area contributed by atoms with Crippen molar-refractivity contribution in [2.24, 2.45) is 11.8 Å². The molecular formula is C29H37N3O2. The zero-order valence-corrected chi connectivity index (χ0v) is 20.5. The molecule has 3 aliphatic carbocycles. The lowest BCUT2D eigenvalue weighted by Gasteiger charge is -2.48. The van der Waals surface area contributed by atoms with Gasteiger partial charge in [-0.1, -0.05) is 42.5 Å². The van der Waals surface area contributed by atoms with Crippen LogP contribution in [0.3, 0.4) is 0 Å². The third kappa shape index (κ3) is 4.77. The van der Waals surface area contributed by atoms with Gasteiger partial charge in [0.1, 0.15) is 17.1 Å². The van der Waals surface area contributed by atoms with Crippen molar-refractivity contribution in [3.63, 3.8) is 0 Å². The number of rotatable bonds is 10. The van der Waals surface area contributed by atoms with E-state index >= 15 is 0 Å². The second kappa shape index (κ2) is 9.93. The monoisotopic (exact) mass is 459 g/mol. The van der Waals surface area contributed by atoms with Crippen molar-refractivity contribution >= 4 is 16.6 Å². The zero-order valence-electron chi connectivity index (χ0n) is 20.5. The average Bonchev–Trinajstić information content (AvgIpc) is 3.28. The summed E-state index contributed by atoms with van der Waals surface area (Å²) in [5.74, 6) is 2.62. The number of H-pyrrole nitrogens is 1. The SMILES string of the molecule is CCOc1cccc2[nH]c(CCCN(C)CC[C@]3(O)C[C@H]4CC[C@H]3C=C4c3ccccc3)nc12. The Balaban J connectivity index is 1.13. The largest absolute Gasteiger partial charge is 0.492 e. The normalized spacial score (nSPS) is 24.1. The smallest absolute Gasteiger partial charge is 0.147 e. The van der Waals surface area contributed by atoms with Crippen LogP contribution in [0.2, 0.25) is 0 Å². The summed E-state index contributed by atoms with van der Waals surface area (Å²) in [6.07, 6.45) is 8.36. The van der Waals surface area contributed by atoms with Crippen molar-refractivity contribution < 1.29 is 9.84 Å². The summed E-state index contributed by atoms with van der Waals surface area (Å²) in [6, 6.07) is 16.7. The molecule has 0 unspecified atom stereocenters. The van der Waals surface area contributed by atoms with Crippen LogP contribution in [-0.4, -0.2) is 52.3 Å². The lowest BCUT2D eigenvalue weighted by Crippen LogP contribution is -2.48. The van der Waals surface area contributed by atoms with Gasteiger partial charge in [0.05, 0.1) is 17.7 Å². The predicted molar refractivity (Wildman–Crippen MR) is 138 cm³/mol. The Morgan fingerprint density at radius 1 is 1.12 bits per heavy atom. The first kappa shape index (κ1) is 23.1. The molecule has 1 fully saturated rings. The third-order valence-corrected chi connectivity index (χ3v) is 7.75. The lowest BCUT2D eigenvalue weighted by molar-refractivity contribution is -0.0574. The number of hydrogen-bond acceptors (Lipinski definition) is 4. The van der Waals surface area contributed by atoms with Gasteiger partial charge in [-0.15, -0.1) is 0 Å². The van der Waals surface area contributed by atoms with Gasteiger partial charge in [0.25, 0.3) is 0 Å². The lowest BCUT2D eigenvalue weighted by atomic mass is 9.61. The molecule has 1 saturated carbocycles. The number of hydrogen-bond donors (Lipinski definition) is 2. The number of nitrogens with zero attached hydrogens (tertiary/aromatic N) is 2. The summed E-state index contributed by atoms with van der Waals surface area (Å²) < 4.78 is 5.71. The number of aromatic nitrogens is 2. The van der Waals surface area contributed by atoms with E-state index in [1.54, 1.807) is 0 Å². The first-order valence-electron chi connectivity index (χ1n) is 12.8. The number of imidazole rings is 1. The Labute approximate surface area is 202 Å². The highest BCUT2D eigenvalue weighted by Gasteiger charge is 2.46. The Hall–Kier alpha value is -2.63. The number of ether oxygens (including phenoxy) is 1. The molecule has 2 bridgehead atoms. The topological polar surface area (TPSA) is 61.4 Å². The predicted octanol–water partition coefficient (Wildman–Crippen LogP) is 5.46. The van der Waals surface area contributed by atoms with E-state index in [9.17, 15) is 5.11 Å². The number of nitrogens with one attached hydrogen (secondary N) is 1. The van der Waals surface area contributed by atoms with Crippen molar-refractivity contribution in [2.75, 3.05) is 26.7 Å². The van der Waals surface area contributed by atoms with Crippen LogP contribution in [-0.2, 0) is 6.42 Å². The molecule has 2 aromatic carbocycles. The number of fused-ring (bicyclic) bond motifs is 3. The summed E-state index contributed by atoms with van der Waals surface area (Å²) in [4.78, 5) is 10.6. The fourth-order valence-corrected chi connectivity index (χ4v) is 5.90. The summed E-state index contributed by atoms with van der Waals surface area (Å²) in [6.45, 7) is 4.55. The van der Waals surface area contributed by atoms with Crippen LogP contribution >= 0.6 is 0 Å². The average molecular weight is 460 g/mol. The van der Waals surface area contributed by atoms with E-state index in [4.69, 9.17) is 9.72 Å². The number of aromatic amines is 1. The van der Waals surface area contributed by atoms with Crippen LogP contribution in [0.15, 0.2) is 54.6 Å². The summed E-state index contributed by atoms with van der Waals surface area (Å²) >= 11 is 0. The van der Waals surface area contributed by atoms with E-state index in [0.29, 0.717) is 12.5 Å². The minimum Gasteiger partial charge on any atom is -0.492 e. The molecule has 5 heteroatoms. The van der Waals surface area contributed by atoms with Crippen LogP contribution in [0.1, 0.15) is 50.4 Å². The summed E-state index contributed by atoms with van der Waals surface area (Å²) in [7, 11) is 2.17. The highest BCUT2D eigenvalue weighted by Crippen LogP contribution is 2.51. The Morgan fingerprint density at radius 2 is 1.97 bits per heavy atom. The number of para-hydroxylation sites is 1. The molecule has 0 radical (unpaired) electrons. The van der Waals surface area contributed by atoms with Gasteiger partial charge < -0.3 is 19.7 Å². The molecule has 0 aliphatic heterocycles. The van der Waals surface area contributed by atoms with Crippen LogP contribution in [0.25, 0.3) is 16.6 Å². The molecule has 3 aromatic rings. The molecule has 1 heterocycles. The first-order chi connectivity index (χ1) is 16.6. The fraction of sp³-hybridized carbons (Fsp3) is 0.483. The third-order valence-electron chi connectivity index (χ3n) is 7.75. The van der Waals surface area contributed by atoms with E-state index in [-0.39, 0.29) is 5.92 Å². The second-order valence-corrected chi connectivity index (χ2v) is 10.1. The molecule has 3 atom stereocenters. The molecule has 0 saturated heterocycles. The number of allylic oxidation sites excluding steroid dienone is 1. The van der Waals surface area contributed by atoms with Crippen LogP contribution in [0.4, 0.5) is 0 Å². The maximum absolute atomic E-state index is 11.5.